The van der Waals surface area contributed by atoms with E-state index >= 15 is 0 Å². The molecule has 0 bridgehead atoms. The molecule has 4 atom stereocenters. The van der Waals surface area contributed by atoms with Crippen LogP contribution in [0, 0.1) is 11.8 Å². The van der Waals surface area contributed by atoms with Crippen molar-refractivity contribution in [2.75, 3.05) is 13.6 Å². The first kappa shape index (κ1) is 24.8. The zero-order valence-corrected chi connectivity index (χ0v) is 21.9. The van der Waals surface area contributed by atoms with Crippen molar-refractivity contribution < 1.29 is 19.2 Å². The van der Waals surface area contributed by atoms with Gasteiger partial charge in [-0.1, -0.05) is 97.1 Å². The van der Waals surface area contributed by atoms with Gasteiger partial charge in [-0.2, -0.15) is 0 Å². The molecule has 0 unspecified atom stereocenters. The summed E-state index contributed by atoms with van der Waals surface area (Å²) < 4.78 is 0. The van der Waals surface area contributed by atoms with Gasteiger partial charge in [0, 0.05) is 13.6 Å². The largest absolute Gasteiger partial charge is 0.327 e. The van der Waals surface area contributed by atoms with Crippen LogP contribution in [0.15, 0.2) is 91.0 Å². The first-order valence-electron chi connectivity index (χ1n) is 13.1. The Morgan fingerprint density at radius 3 is 2.10 bits per heavy atom. The third kappa shape index (κ3) is 3.88. The van der Waals surface area contributed by atoms with Crippen molar-refractivity contribution in [3.05, 3.63) is 102 Å². The van der Waals surface area contributed by atoms with Crippen LogP contribution in [0.3, 0.4) is 0 Å². The maximum Gasteiger partial charge on any atom is 0.249 e. The summed E-state index contributed by atoms with van der Waals surface area (Å²) in [5, 5.41) is 0. The Bertz CT molecular complexity index is 1480. The van der Waals surface area contributed by atoms with E-state index in [0.29, 0.717) is 0 Å². The average molecular weight is 520 g/mol. The standard InChI is InChI=1S/C32H29N3O4/c1-32-28-27(29(37)33(2)30(28)38)25(18-15-21-9-5-3-6-10-21)35(32)26(36)20-34(31(32)39)19-22-13-16-24(17-14-22)23-11-7-4-8-12-23/h3-18,25,27-28H,19-20H2,1-2H3/b18-15+/t25-,27+,28-,32-/m1/s1. The van der Waals surface area contributed by atoms with Gasteiger partial charge in [-0.3, -0.25) is 24.1 Å². The number of rotatable bonds is 5. The van der Waals surface area contributed by atoms with Gasteiger partial charge in [0.05, 0.1) is 17.9 Å². The summed E-state index contributed by atoms with van der Waals surface area (Å²) in [4.78, 5) is 58.5. The normalized spacial score (nSPS) is 26.5. The van der Waals surface area contributed by atoms with E-state index in [1.165, 1.54) is 16.8 Å². The molecule has 39 heavy (non-hydrogen) atoms. The van der Waals surface area contributed by atoms with Gasteiger partial charge in [0.2, 0.25) is 23.6 Å². The lowest BCUT2D eigenvalue weighted by atomic mass is 9.79. The highest BCUT2D eigenvalue weighted by Crippen LogP contribution is 2.51. The number of piperazine rings is 1. The molecule has 3 heterocycles. The molecule has 3 aromatic rings. The highest BCUT2D eigenvalue weighted by atomic mass is 16.2. The van der Waals surface area contributed by atoms with Crippen molar-refractivity contribution in [2.45, 2.75) is 25.0 Å². The van der Waals surface area contributed by atoms with Gasteiger partial charge >= 0.3 is 0 Å². The number of fused-ring (bicyclic) bond motifs is 3. The lowest BCUT2D eigenvalue weighted by molar-refractivity contribution is -0.167. The summed E-state index contributed by atoms with van der Waals surface area (Å²) in [6.45, 7) is 1.78. The number of hydrogen-bond donors (Lipinski definition) is 0. The molecule has 0 N–H and O–H groups in total. The molecule has 7 nitrogen and oxygen atoms in total. The van der Waals surface area contributed by atoms with Crippen LogP contribution in [0.25, 0.3) is 17.2 Å². The molecule has 4 amide bonds. The molecule has 0 aromatic heterocycles. The maximum absolute atomic E-state index is 14.1. The third-order valence-corrected chi connectivity index (χ3v) is 8.38. The van der Waals surface area contributed by atoms with Crippen LogP contribution in [0.4, 0.5) is 0 Å². The topological polar surface area (TPSA) is 78.0 Å². The SMILES string of the molecule is CN1C(=O)[C@H]2[C@@H](/C=C/c3ccccc3)N3C(=O)CN(Cc4ccc(-c5ccccc5)cc4)C(=O)[C@@]3(C)[C@H]2C1=O. The van der Waals surface area contributed by atoms with E-state index in [1.54, 1.807) is 13.0 Å². The fraction of sp³-hybridized carbons (Fsp3) is 0.250. The summed E-state index contributed by atoms with van der Waals surface area (Å²) in [7, 11) is 1.45. The summed E-state index contributed by atoms with van der Waals surface area (Å²) in [6, 6.07) is 26.8. The Balaban J connectivity index is 1.32. The predicted molar refractivity (Wildman–Crippen MR) is 147 cm³/mol. The highest BCUT2D eigenvalue weighted by molar-refractivity contribution is 6.12. The van der Waals surface area contributed by atoms with Crippen LogP contribution in [0.2, 0.25) is 0 Å². The minimum absolute atomic E-state index is 0.109. The van der Waals surface area contributed by atoms with E-state index in [1.807, 2.05) is 91.0 Å². The predicted octanol–water partition coefficient (Wildman–Crippen LogP) is 3.61. The quantitative estimate of drug-likeness (QED) is 0.483. The second-order valence-corrected chi connectivity index (χ2v) is 10.6. The highest BCUT2D eigenvalue weighted by Gasteiger charge is 2.71. The Morgan fingerprint density at radius 1 is 0.821 bits per heavy atom. The monoisotopic (exact) mass is 519 g/mol. The number of carbonyl (C=O) groups is 4. The van der Waals surface area contributed by atoms with Crippen molar-refractivity contribution in [3.63, 3.8) is 0 Å². The number of imide groups is 1. The maximum atomic E-state index is 14.1. The van der Waals surface area contributed by atoms with Crippen LogP contribution < -0.4 is 0 Å². The fourth-order valence-electron chi connectivity index (χ4n) is 6.44. The number of hydrogen-bond acceptors (Lipinski definition) is 4. The summed E-state index contributed by atoms with van der Waals surface area (Å²) >= 11 is 0. The molecule has 0 spiro atoms. The van der Waals surface area contributed by atoms with Gasteiger partial charge in [-0.15, -0.1) is 0 Å². The minimum Gasteiger partial charge on any atom is -0.327 e. The zero-order valence-electron chi connectivity index (χ0n) is 21.9. The van der Waals surface area contributed by atoms with Crippen LogP contribution in [0.1, 0.15) is 18.1 Å². The van der Waals surface area contributed by atoms with Gasteiger partial charge in [0.25, 0.3) is 0 Å². The first-order chi connectivity index (χ1) is 18.8. The summed E-state index contributed by atoms with van der Waals surface area (Å²) in [6.07, 6.45) is 3.65. The van der Waals surface area contributed by atoms with E-state index in [2.05, 4.69) is 0 Å². The second-order valence-electron chi connectivity index (χ2n) is 10.6. The van der Waals surface area contributed by atoms with Crippen LogP contribution >= 0.6 is 0 Å². The molecule has 6 rings (SSSR count). The minimum atomic E-state index is -1.45. The molecule has 3 aliphatic rings. The van der Waals surface area contributed by atoms with Crippen molar-refractivity contribution in [2.24, 2.45) is 11.8 Å². The first-order valence-corrected chi connectivity index (χ1v) is 13.1. The Kier molecular flexibility index (Phi) is 5.94. The molecule has 3 saturated heterocycles. The number of likely N-dealkylation sites (tertiary alicyclic amines) is 1. The van der Waals surface area contributed by atoms with Gasteiger partial charge in [0.15, 0.2) is 0 Å². The van der Waals surface area contributed by atoms with Gasteiger partial charge in [-0.25, -0.2) is 0 Å². The lowest BCUT2D eigenvalue weighted by Gasteiger charge is -2.46. The van der Waals surface area contributed by atoms with Crippen molar-refractivity contribution in [3.8, 4) is 11.1 Å². The molecule has 7 heteroatoms. The summed E-state index contributed by atoms with van der Waals surface area (Å²) in [5.41, 5.74) is 2.49. The van der Waals surface area contributed by atoms with Crippen molar-refractivity contribution >= 4 is 29.7 Å². The Labute approximate surface area is 227 Å². The smallest absolute Gasteiger partial charge is 0.249 e. The van der Waals surface area contributed by atoms with Gasteiger partial charge < -0.3 is 9.80 Å². The number of carbonyl (C=O) groups excluding carboxylic acids is 4. The molecule has 0 saturated carbocycles. The Hall–Kier alpha value is -4.52. The molecule has 3 aromatic carbocycles. The lowest BCUT2D eigenvalue weighted by Crippen LogP contribution is -2.68. The van der Waals surface area contributed by atoms with Crippen LogP contribution in [-0.2, 0) is 25.7 Å². The molecule has 0 aliphatic carbocycles. The van der Waals surface area contributed by atoms with E-state index in [4.69, 9.17) is 0 Å². The molecule has 3 aliphatic heterocycles. The van der Waals surface area contributed by atoms with E-state index in [9.17, 15) is 19.2 Å². The number of benzene rings is 3. The van der Waals surface area contributed by atoms with E-state index < -0.39 is 29.3 Å². The number of nitrogens with zero attached hydrogens (tertiary/aromatic N) is 3. The third-order valence-electron chi connectivity index (χ3n) is 8.38. The van der Waals surface area contributed by atoms with Crippen LogP contribution in [0.5, 0.6) is 0 Å². The van der Waals surface area contributed by atoms with E-state index in [0.717, 1.165) is 27.2 Å². The average Bonchev–Trinajstić information content (AvgIpc) is 3.36. The molecular formula is C32H29N3O4. The van der Waals surface area contributed by atoms with Crippen LogP contribution in [-0.4, -0.2) is 63.5 Å². The fourth-order valence-corrected chi connectivity index (χ4v) is 6.44. The van der Waals surface area contributed by atoms with Gasteiger partial charge in [0.1, 0.15) is 12.1 Å². The van der Waals surface area contributed by atoms with Crippen molar-refractivity contribution in [1.29, 1.82) is 0 Å². The summed E-state index contributed by atoms with van der Waals surface area (Å²) in [5.74, 6) is -3.07. The molecule has 196 valence electrons. The number of amides is 4. The zero-order chi connectivity index (χ0) is 27.3. The Morgan fingerprint density at radius 2 is 1.44 bits per heavy atom. The molecule has 3 fully saturated rings. The second kappa shape index (κ2) is 9.34. The van der Waals surface area contributed by atoms with E-state index in [-0.39, 0.29) is 30.8 Å². The van der Waals surface area contributed by atoms with Crippen molar-refractivity contribution in [1.82, 2.24) is 14.7 Å². The van der Waals surface area contributed by atoms with Gasteiger partial charge in [-0.05, 0) is 29.2 Å². The molecule has 0 radical (unpaired) electrons. The molecular weight excluding hydrogens is 490 g/mol.